The van der Waals surface area contributed by atoms with Gasteiger partial charge >= 0.3 is 0 Å². The lowest BCUT2D eigenvalue weighted by atomic mass is 10.0. The van der Waals surface area contributed by atoms with Crippen molar-refractivity contribution in [2.45, 2.75) is 20.3 Å². The van der Waals surface area contributed by atoms with Gasteiger partial charge in [-0.05, 0) is 37.1 Å². The summed E-state index contributed by atoms with van der Waals surface area (Å²) in [5.41, 5.74) is 11.1. The van der Waals surface area contributed by atoms with E-state index in [0.717, 1.165) is 56.6 Å². The molecule has 2 N–H and O–H groups in total. The Kier molecular flexibility index (Phi) is 4.53. The molecule has 7 heteroatoms. The first-order valence-corrected chi connectivity index (χ1v) is 10.1. The molecule has 0 fully saturated rings. The van der Waals surface area contributed by atoms with Gasteiger partial charge in [0.25, 0.3) is 5.82 Å². The van der Waals surface area contributed by atoms with Crippen LogP contribution in [0.3, 0.4) is 0 Å². The number of aromatic nitrogens is 4. The van der Waals surface area contributed by atoms with Crippen LogP contribution >= 0.6 is 0 Å². The van der Waals surface area contributed by atoms with Gasteiger partial charge in [0.1, 0.15) is 22.7 Å². The van der Waals surface area contributed by atoms with Gasteiger partial charge in [-0.15, -0.1) is 5.10 Å². The van der Waals surface area contributed by atoms with Gasteiger partial charge in [0.05, 0.1) is 17.2 Å². The molecule has 31 heavy (non-hydrogen) atoms. The van der Waals surface area contributed by atoms with Gasteiger partial charge < -0.3 is 0 Å². The van der Waals surface area contributed by atoms with Gasteiger partial charge in [-0.3, -0.25) is 15.0 Å². The number of anilines is 1. The second kappa shape index (κ2) is 7.50. The highest BCUT2D eigenvalue weighted by molar-refractivity contribution is 5.96. The fourth-order valence-corrected chi connectivity index (χ4v) is 4.09. The van der Waals surface area contributed by atoms with Crippen LogP contribution in [0.2, 0.25) is 0 Å². The maximum absolute atomic E-state index is 9.83. The quantitative estimate of drug-likeness (QED) is 0.268. The minimum Gasteiger partial charge on any atom is -0.269 e. The Balaban J connectivity index is 1.69. The molecule has 5 rings (SSSR count). The van der Waals surface area contributed by atoms with Gasteiger partial charge in [0.2, 0.25) is 5.65 Å². The molecule has 0 aliphatic carbocycles. The number of nitrogens with one attached hydrogen (secondary N) is 2. The maximum Gasteiger partial charge on any atom is 0.253 e. The Labute approximate surface area is 178 Å². The summed E-state index contributed by atoms with van der Waals surface area (Å²) < 4.78 is 2.04. The molecule has 0 unspecified atom stereocenters. The van der Waals surface area contributed by atoms with Crippen molar-refractivity contribution in [3.05, 3.63) is 77.1 Å². The van der Waals surface area contributed by atoms with E-state index in [-0.39, 0.29) is 0 Å². The minimum atomic E-state index is 0.645. The first kappa shape index (κ1) is 18.7. The molecule has 0 amide bonds. The minimum absolute atomic E-state index is 0.645. The van der Waals surface area contributed by atoms with Crippen LogP contribution < -0.4 is 9.83 Å². The molecule has 0 saturated heterocycles. The summed E-state index contributed by atoms with van der Waals surface area (Å²) in [5.74, 6) is 0.842. The van der Waals surface area contributed by atoms with Gasteiger partial charge in [-0.25, -0.2) is 0 Å². The lowest BCUT2D eigenvalue weighted by Crippen LogP contribution is -2.28. The molecular weight excluding hydrogens is 386 g/mol. The van der Waals surface area contributed by atoms with Crippen LogP contribution in [0.15, 0.2) is 60.0 Å². The van der Waals surface area contributed by atoms with Gasteiger partial charge in [-0.1, -0.05) is 31.2 Å². The van der Waals surface area contributed by atoms with E-state index >= 15 is 0 Å². The molecule has 0 radical (unpaired) electrons. The van der Waals surface area contributed by atoms with Crippen LogP contribution in [0, 0.1) is 18.3 Å². The molecule has 0 spiro atoms. The smallest absolute Gasteiger partial charge is 0.253 e. The van der Waals surface area contributed by atoms with Crippen molar-refractivity contribution >= 4 is 39.7 Å². The number of hydrogen-bond donors (Lipinski definition) is 2. The summed E-state index contributed by atoms with van der Waals surface area (Å²) >= 11 is 0. The standard InChI is InChI=1S/C24H19N7/c1-3-17-15(2)18(13-25)23-29-19-8-4-5-10-21(19)31(23)24(17)30-28-14-16-7-6-9-20-22(16)27-12-11-26-20/h4-12,14H,3H2,1-2H3,(H,26,29,30)/p+1. The highest BCUT2D eigenvalue weighted by atomic mass is 15.3. The number of nitriles is 1. The van der Waals surface area contributed by atoms with Crippen molar-refractivity contribution in [3.63, 3.8) is 0 Å². The molecule has 2 aromatic carbocycles. The Hall–Kier alpha value is -4.31. The predicted octanol–water partition coefficient (Wildman–Crippen LogP) is 4.04. The summed E-state index contributed by atoms with van der Waals surface area (Å²) in [7, 11) is 0. The summed E-state index contributed by atoms with van der Waals surface area (Å²) in [5, 5.41) is 14.4. The number of aromatic amines is 1. The fourth-order valence-electron chi connectivity index (χ4n) is 4.09. The molecule has 0 atom stereocenters. The summed E-state index contributed by atoms with van der Waals surface area (Å²) in [6, 6.07) is 16.2. The van der Waals surface area contributed by atoms with Crippen molar-refractivity contribution < 1.29 is 4.40 Å². The van der Waals surface area contributed by atoms with Crippen LogP contribution in [0.25, 0.3) is 27.7 Å². The highest BCUT2D eigenvalue weighted by Gasteiger charge is 2.24. The number of rotatable bonds is 4. The van der Waals surface area contributed by atoms with E-state index in [1.807, 2.05) is 53.8 Å². The zero-order valence-corrected chi connectivity index (χ0v) is 17.2. The SMILES string of the molecule is CCc1c(C)c(C#N)c2[nH]c3ccccc3[n+]2c1NN=Cc1cccc2nccnc12. The number of H-pyrrole nitrogens is 1. The van der Waals surface area contributed by atoms with E-state index in [9.17, 15) is 5.26 Å². The predicted molar refractivity (Wildman–Crippen MR) is 121 cm³/mol. The third-order valence-electron chi connectivity index (χ3n) is 5.56. The van der Waals surface area contributed by atoms with Crippen LogP contribution in [0.5, 0.6) is 0 Å². The van der Waals surface area contributed by atoms with Crippen molar-refractivity contribution in [2.75, 3.05) is 5.43 Å². The molecule has 3 aromatic heterocycles. The first-order chi connectivity index (χ1) is 15.2. The second-order valence-electron chi connectivity index (χ2n) is 7.26. The van der Waals surface area contributed by atoms with Crippen LogP contribution in [0.4, 0.5) is 5.82 Å². The van der Waals surface area contributed by atoms with E-state index in [1.165, 1.54) is 0 Å². The van der Waals surface area contributed by atoms with Crippen molar-refractivity contribution in [1.29, 1.82) is 5.26 Å². The Bertz CT molecular complexity index is 1520. The molecular formula is C24H20N7+. The summed E-state index contributed by atoms with van der Waals surface area (Å²) in [6.07, 6.45) is 5.88. The average Bonchev–Trinajstić information content (AvgIpc) is 3.18. The monoisotopic (exact) mass is 406 g/mol. The Morgan fingerprint density at radius 1 is 1.16 bits per heavy atom. The van der Waals surface area contributed by atoms with E-state index in [4.69, 9.17) is 0 Å². The molecule has 3 heterocycles. The topological polar surface area (TPSA) is 93.8 Å². The van der Waals surface area contributed by atoms with Crippen LogP contribution in [0.1, 0.15) is 29.2 Å². The van der Waals surface area contributed by atoms with Gasteiger partial charge in [0, 0.05) is 23.5 Å². The fraction of sp³-hybridized carbons (Fsp3) is 0.125. The number of nitrogens with zero attached hydrogens (tertiary/aromatic N) is 5. The van der Waals surface area contributed by atoms with Crippen LogP contribution in [-0.4, -0.2) is 21.2 Å². The van der Waals surface area contributed by atoms with Crippen LogP contribution in [-0.2, 0) is 6.42 Å². The lowest BCUT2D eigenvalue weighted by molar-refractivity contribution is -0.465. The first-order valence-electron chi connectivity index (χ1n) is 10.1. The second-order valence-corrected chi connectivity index (χ2v) is 7.26. The zero-order valence-electron chi connectivity index (χ0n) is 17.2. The maximum atomic E-state index is 9.83. The summed E-state index contributed by atoms with van der Waals surface area (Å²) in [4.78, 5) is 12.2. The number of hydrazone groups is 1. The number of pyridine rings is 1. The van der Waals surface area contributed by atoms with Crippen molar-refractivity contribution in [1.82, 2.24) is 15.0 Å². The Morgan fingerprint density at radius 2 is 2.00 bits per heavy atom. The third-order valence-corrected chi connectivity index (χ3v) is 5.56. The van der Waals surface area contributed by atoms with Crippen molar-refractivity contribution in [2.24, 2.45) is 5.10 Å². The molecule has 0 aliphatic heterocycles. The third kappa shape index (κ3) is 2.97. The molecule has 0 bridgehead atoms. The number of hydrogen-bond acceptors (Lipinski definition) is 5. The number of imidazole rings is 1. The van der Waals surface area contributed by atoms with Gasteiger partial charge in [0.15, 0.2) is 0 Å². The number of benzene rings is 2. The van der Waals surface area contributed by atoms with Crippen molar-refractivity contribution in [3.8, 4) is 6.07 Å². The van der Waals surface area contributed by atoms with E-state index in [1.54, 1.807) is 18.6 Å². The zero-order chi connectivity index (χ0) is 21.4. The average molecular weight is 406 g/mol. The normalized spacial score (nSPS) is 11.5. The number of para-hydroxylation sites is 3. The molecule has 0 aliphatic rings. The Morgan fingerprint density at radius 3 is 2.84 bits per heavy atom. The largest absolute Gasteiger partial charge is 0.269 e. The molecule has 150 valence electrons. The van der Waals surface area contributed by atoms with E-state index < -0.39 is 0 Å². The van der Waals surface area contributed by atoms with Gasteiger partial charge in [-0.2, -0.15) is 15.1 Å². The number of fused-ring (bicyclic) bond motifs is 4. The molecule has 0 saturated carbocycles. The van der Waals surface area contributed by atoms with E-state index in [2.05, 4.69) is 38.5 Å². The summed E-state index contributed by atoms with van der Waals surface area (Å²) in [6.45, 7) is 4.07. The van der Waals surface area contributed by atoms with E-state index in [0.29, 0.717) is 5.56 Å². The molecule has 7 nitrogen and oxygen atoms in total. The molecule has 5 aromatic rings. The highest BCUT2D eigenvalue weighted by Crippen LogP contribution is 2.25. The lowest BCUT2D eigenvalue weighted by Gasteiger charge is -2.10.